The van der Waals surface area contributed by atoms with Gasteiger partial charge in [0.1, 0.15) is 10.5 Å². The van der Waals surface area contributed by atoms with Gasteiger partial charge in [0.15, 0.2) is 0 Å². The predicted molar refractivity (Wildman–Crippen MR) is 213 cm³/mol. The summed E-state index contributed by atoms with van der Waals surface area (Å²) < 4.78 is 3.74. The SMILES string of the molecule is c1ccc(-c2ccc(N(c3ccc4c(ccc5ccccc54)c3)c3c4nc(-c5ccccc5)sc4cc4sc5ccccc5c34)cc2)cc1. The van der Waals surface area contributed by atoms with E-state index >= 15 is 0 Å². The van der Waals surface area contributed by atoms with E-state index in [0.717, 1.165) is 33.1 Å². The highest BCUT2D eigenvalue weighted by Crippen LogP contribution is 2.50. The van der Waals surface area contributed by atoms with Crippen LogP contribution in [0.25, 0.3) is 73.6 Å². The Morgan fingerprint density at radius 3 is 1.86 bits per heavy atom. The van der Waals surface area contributed by atoms with Gasteiger partial charge in [0.2, 0.25) is 0 Å². The van der Waals surface area contributed by atoms with E-state index in [1.54, 1.807) is 11.3 Å². The van der Waals surface area contributed by atoms with Gasteiger partial charge in [-0.25, -0.2) is 4.98 Å². The van der Waals surface area contributed by atoms with Gasteiger partial charge in [0.25, 0.3) is 0 Å². The second-order valence-corrected chi connectivity index (χ2v) is 14.5. The molecule has 0 fully saturated rings. The Morgan fingerprint density at radius 2 is 1.04 bits per heavy atom. The topological polar surface area (TPSA) is 16.1 Å². The summed E-state index contributed by atoms with van der Waals surface area (Å²) in [7, 11) is 0. The fourth-order valence-corrected chi connectivity index (χ4v) is 9.39. The Morgan fingerprint density at radius 1 is 0.408 bits per heavy atom. The van der Waals surface area contributed by atoms with Crippen molar-refractivity contribution in [2.24, 2.45) is 0 Å². The number of thiazole rings is 1. The Bertz CT molecular complexity index is 2820. The van der Waals surface area contributed by atoms with E-state index in [2.05, 4.69) is 175 Å². The minimum atomic E-state index is 1.02. The van der Waals surface area contributed by atoms with Gasteiger partial charge in [-0.3, -0.25) is 0 Å². The zero-order chi connectivity index (χ0) is 32.3. The van der Waals surface area contributed by atoms with Crippen LogP contribution in [0.5, 0.6) is 0 Å². The van der Waals surface area contributed by atoms with Gasteiger partial charge < -0.3 is 4.90 Å². The lowest BCUT2D eigenvalue weighted by Gasteiger charge is -2.27. The molecule has 2 heterocycles. The summed E-state index contributed by atoms with van der Waals surface area (Å²) in [4.78, 5) is 7.89. The number of fused-ring (bicyclic) bond motifs is 7. The van der Waals surface area contributed by atoms with E-state index in [1.165, 1.54) is 57.5 Å². The second kappa shape index (κ2) is 11.4. The molecule has 10 aromatic rings. The number of aromatic nitrogens is 1. The minimum absolute atomic E-state index is 1.02. The smallest absolute Gasteiger partial charge is 0.124 e. The number of hydrogen-bond donors (Lipinski definition) is 0. The van der Waals surface area contributed by atoms with Gasteiger partial charge in [-0.15, -0.1) is 22.7 Å². The van der Waals surface area contributed by atoms with Crippen LogP contribution in [0.4, 0.5) is 17.1 Å². The Hall–Kier alpha value is -5.81. The summed E-state index contributed by atoms with van der Waals surface area (Å²) in [6, 6.07) is 61.4. The van der Waals surface area contributed by atoms with Crippen molar-refractivity contribution in [3.63, 3.8) is 0 Å². The van der Waals surface area contributed by atoms with Gasteiger partial charge >= 0.3 is 0 Å². The molecule has 0 aliphatic heterocycles. The van der Waals surface area contributed by atoms with Crippen LogP contribution in [-0.4, -0.2) is 4.98 Å². The molecule has 0 atom stereocenters. The maximum absolute atomic E-state index is 5.44. The standard InChI is InChI=1S/C45H28N2S2/c1-3-11-29(12-4-1)30-21-23-34(24-22-30)47(35-25-26-37-33(27-35)20-19-31-13-7-8-16-36(31)37)44-42-38-17-9-10-18-39(38)48-40(42)28-41-43(44)46-45(49-41)32-14-5-2-6-15-32/h1-28H. The lowest BCUT2D eigenvalue weighted by Crippen LogP contribution is -2.11. The molecule has 0 saturated heterocycles. The first-order valence-electron chi connectivity index (χ1n) is 16.5. The van der Waals surface area contributed by atoms with E-state index in [9.17, 15) is 0 Å². The second-order valence-electron chi connectivity index (χ2n) is 12.4. The first kappa shape index (κ1) is 28.2. The molecule has 0 saturated carbocycles. The highest BCUT2D eigenvalue weighted by Gasteiger charge is 2.25. The fourth-order valence-electron chi connectivity index (χ4n) is 7.15. The van der Waals surface area contributed by atoms with Crippen LogP contribution < -0.4 is 4.90 Å². The van der Waals surface area contributed by atoms with Crippen molar-refractivity contribution in [3.8, 4) is 21.7 Å². The largest absolute Gasteiger partial charge is 0.308 e. The van der Waals surface area contributed by atoms with Crippen LogP contribution in [0.3, 0.4) is 0 Å². The zero-order valence-corrected chi connectivity index (χ0v) is 28.0. The molecule has 0 aliphatic carbocycles. The summed E-state index contributed by atoms with van der Waals surface area (Å²) in [5.74, 6) is 0. The normalized spacial score (nSPS) is 11.7. The number of nitrogens with zero attached hydrogens (tertiary/aromatic N) is 2. The van der Waals surface area contributed by atoms with Crippen molar-refractivity contribution in [3.05, 3.63) is 170 Å². The van der Waals surface area contributed by atoms with Crippen LogP contribution in [0, 0.1) is 0 Å². The van der Waals surface area contributed by atoms with Crippen molar-refractivity contribution in [1.29, 1.82) is 0 Å². The molecule has 2 nitrogen and oxygen atoms in total. The van der Waals surface area contributed by atoms with Gasteiger partial charge in [-0.2, -0.15) is 0 Å². The van der Waals surface area contributed by atoms with E-state index in [-0.39, 0.29) is 0 Å². The molecule has 0 spiro atoms. The minimum Gasteiger partial charge on any atom is -0.308 e. The molecule has 0 amide bonds. The molecule has 8 aromatic carbocycles. The predicted octanol–water partition coefficient (Wildman–Crippen LogP) is 13.8. The zero-order valence-electron chi connectivity index (χ0n) is 26.4. The molecule has 10 rings (SSSR count). The molecular weight excluding hydrogens is 633 g/mol. The van der Waals surface area contributed by atoms with Crippen molar-refractivity contribution < 1.29 is 0 Å². The first-order valence-corrected chi connectivity index (χ1v) is 18.1. The molecular formula is C45H28N2S2. The lowest BCUT2D eigenvalue weighted by molar-refractivity contribution is 1.31. The average Bonchev–Trinajstić information content (AvgIpc) is 3.77. The Balaban J connectivity index is 1.28. The number of rotatable bonds is 5. The molecule has 49 heavy (non-hydrogen) atoms. The maximum Gasteiger partial charge on any atom is 0.124 e. The van der Waals surface area contributed by atoms with Crippen LogP contribution in [-0.2, 0) is 0 Å². The van der Waals surface area contributed by atoms with Crippen LogP contribution in [0.2, 0.25) is 0 Å². The molecule has 0 bridgehead atoms. The maximum atomic E-state index is 5.44. The molecule has 0 aliphatic rings. The molecule has 230 valence electrons. The summed E-state index contributed by atoms with van der Waals surface area (Å²) >= 11 is 3.63. The molecule has 2 aromatic heterocycles. The van der Waals surface area contributed by atoms with E-state index in [1.807, 2.05) is 11.3 Å². The van der Waals surface area contributed by atoms with Gasteiger partial charge in [0, 0.05) is 37.1 Å². The molecule has 0 unspecified atom stereocenters. The van der Waals surface area contributed by atoms with Crippen molar-refractivity contribution in [2.75, 3.05) is 4.90 Å². The van der Waals surface area contributed by atoms with Crippen molar-refractivity contribution in [2.45, 2.75) is 0 Å². The van der Waals surface area contributed by atoms with Gasteiger partial charge in [-0.05, 0) is 69.1 Å². The number of hydrogen-bond acceptors (Lipinski definition) is 4. The van der Waals surface area contributed by atoms with Crippen LogP contribution in [0.15, 0.2) is 170 Å². The third kappa shape index (κ3) is 4.72. The summed E-state index contributed by atoms with van der Waals surface area (Å²) in [6.07, 6.45) is 0. The Labute approximate surface area is 291 Å². The summed E-state index contributed by atoms with van der Waals surface area (Å²) in [5, 5.41) is 8.52. The molecule has 4 heteroatoms. The van der Waals surface area contributed by atoms with E-state index < -0.39 is 0 Å². The lowest BCUT2D eigenvalue weighted by atomic mass is 10.00. The van der Waals surface area contributed by atoms with Crippen molar-refractivity contribution in [1.82, 2.24) is 4.98 Å². The molecule has 0 radical (unpaired) electrons. The monoisotopic (exact) mass is 660 g/mol. The fraction of sp³-hybridized carbons (Fsp3) is 0. The first-order chi connectivity index (χ1) is 24.3. The van der Waals surface area contributed by atoms with Crippen molar-refractivity contribution >= 4 is 91.7 Å². The molecule has 0 N–H and O–H groups in total. The summed E-state index contributed by atoms with van der Waals surface area (Å²) in [6.45, 7) is 0. The highest BCUT2D eigenvalue weighted by molar-refractivity contribution is 7.27. The number of thiophene rings is 1. The Kier molecular flexibility index (Phi) is 6.57. The third-order valence-electron chi connectivity index (χ3n) is 9.46. The van der Waals surface area contributed by atoms with Gasteiger partial charge in [-0.1, -0.05) is 133 Å². The number of benzene rings is 8. The van der Waals surface area contributed by atoms with Crippen LogP contribution in [0.1, 0.15) is 0 Å². The highest BCUT2D eigenvalue weighted by atomic mass is 32.1. The van der Waals surface area contributed by atoms with E-state index in [0.29, 0.717) is 0 Å². The third-order valence-corrected chi connectivity index (χ3v) is 11.6. The van der Waals surface area contributed by atoms with Crippen LogP contribution >= 0.6 is 22.7 Å². The van der Waals surface area contributed by atoms with Gasteiger partial charge in [0.05, 0.1) is 10.4 Å². The number of anilines is 3. The average molecular weight is 661 g/mol. The quantitative estimate of drug-likeness (QED) is 0.171. The summed E-state index contributed by atoms with van der Waals surface area (Å²) in [5.41, 5.74) is 7.88. The van der Waals surface area contributed by atoms with E-state index in [4.69, 9.17) is 4.98 Å².